The molecule has 0 bridgehead atoms. The van der Waals surface area contributed by atoms with Gasteiger partial charge in [0.25, 0.3) is 5.91 Å². The molecule has 3 fully saturated rings. The first-order chi connectivity index (χ1) is 19.3. The number of benzene rings is 2. The van der Waals surface area contributed by atoms with E-state index in [4.69, 9.17) is 4.74 Å². The van der Waals surface area contributed by atoms with E-state index in [1.54, 1.807) is 36.2 Å². The molecule has 2 aliphatic heterocycles. The molecule has 2 aromatic carbocycles. The zero-order chi connectivity index (χ0) is 28.3. The van der Waals surface area contributed by atoms with Gasteiger partial charge in [-0.05, 0) is 80.0 Å². The number of likely N-dealkylation sites (tertiary alicyclic amines) is 1. The highest BCUT2D eigenvalue weighted by Crippen LogP contribution is 2.39. The molecule has 3 aliphatic rings. The van der Waals surface area contributed by atoms with Crippen LogP contribution in [0.5, 0.6) is 11.5 Å². The molecule has 9 nitrogen and oxygen atoms in total. The van der Waals surface area contributed by atoms with Gasteiger partial charge in [-0.15, -0.1) is 12.4 Å². The highest BCUT2D eigenvalue weighted by molar-refractivity contribution is 6.00. The van der Waals surface area contributed by atoms with Gasteiger partial charge in [0.15, 0.2) is 0 Å². The second kappa shape index (κ2) is 13.2. The van der Waals surface area contributed by atoms with Gasteiger partial charge in [-0.2, -0.15) is 0 Å². The van der Waals surface area contributed by atoms with Crippen LogP contribution in [-0.2, 0) is 16.1 Å². The maximum atomic E-state index is 13.5. The number of hydrogen-bond donors (Lipinski definition) is 3. The van der Waals surface area contributed by atoms with E-state index in [1.165, 1.54) is 0 Å². The lowest BCUT2D eigenvalue weighted by Crippen LogP contribution is -2.74. The molecule has 3 amide bonds. The zero-order valence-electron chi connectivity index (χ0n) is 23.8. The van der Waals surface area contributed by atoms with Crippen LogP contribution in [-0.4, -0.2) is 77.0 Å². The van der Waals surface area contributed by atoms with Crippen molar-refractivity contribution in [1.82, 2.24) is 20.4 Å². The molecule has 2 aromatic rings. The Kier molecular flexibility index (Phi) is 9.94. The first-order valence-corrected chi connectivity index (χ1v) is 14.5. The highest BCUT2D eigenvalue weighted by Gasteiger charge is 2.55. The average Bonchev–Trinajstić information content (AvgIpc) is 3.83. The van der Waals surface area contributed by atoms with Crippen LogP contribution in [0.2, 0.25) is 0 Å². The number of halogens is 1. The molecule has 222 valence electrons. The third-order valence-electron chi connectivity index (χ3n) is 8.53. The Hall–Kier alpha value is -3.14. The predicted molar refractivity (Wildman–Crippen MR) is 158 cm³/mol. The minimum atomic E-state index is -0.840. The summed E-state index contributed by atoms with van der Waals surface area (Å²) in [5, 5.41) is 16.2. The van der Waals surface area contributed by atoms with Crippen molar-refractivity contribution in [1.29, 1.82) is 0 Å². The minimum Gasteiger partial charge on any atom is -0.457 e. The maximum Gasteiger partial charge on any atom is 0.251 e. The number of rotatable bonds is 10. The number of piperidine rings is 1. The Labute approximate surface area is 248 Å². The van der Waals surface area contributed by atoms with Crippen LogP contribution in [0.3, 0.4) is 0 Å². The van der Waals surface area contributed by atoms with Gasteiger partial charge in [0.2, 0.25) is 11.8 Å². The van der Waals surface area contributed by atoms with Gasteiger partial charge in [-0.1, -0.05) is 25.5 Å². The van der Waals surface area contributed by atoms with E-state index >= 15 is 0 Å². The van der Waals surface area contributed by atoms with E-state index < -0.39 is 17.7 Å². The lowest BCUT2D eigenvalue weighted by Gasteiger charge is -2.52. The first-order valence-electron chi connectivity index (χ1n) is 14.5. The van der Waals surface area contributed by atoms with Gasteiger partial charge in [0.05, 0.1) is 6.10 Å². The van der Waals surface area contributed by atoms with E-state index in [-0.39, 0.29) is 36.0 Å². The van der Waals surface area contributed by atoms with E-state index in [2.05, 4.69) is 22.5 Å². The van der Waals surface area contributed by atoms with Gasteiger partial charge in [-0.3, -0.25) is 19.3 Å². The number of nitrogens with one attached hydrogen (secondary N) is 2. The zero-order valence-corrected chi connectivity index (χ0v) is 24.6. The van der Waals surface area contributed by atoms with E-state index in [1.807, 2.05) is 24.3 Å². The number of carbonyl (C=O) groups is 3. The Balaban J connectivity index is 0.00000387. The molecule has 2 atom stereocenters. The lowest BCUT2D eigenvalue weighted by molar-refractivity contribution is -0.165. The van der Waals surface area contributed by atoms with Crippen molar-refractivity contribution in [3.05, 3.63) is 59.7 Å². The van der Waals surface area contributed by atoms with Gasteiger partial charge < -0.3 is 25.4 Å². The molecule has 0 unspecified atom stereocenters. The molecule has 3 N–H and O–H groups in total. The number of aliphatic hydroxyl groups excluding tert-OH is 1. The van der Waals surface area contributed by atoms with E-state index in [0.29, 0.717) is 49.5 Å². The second-order valence-electron chi connectivity index (χ2n) is 11.3. The maximum absolute atomic E-state index is 13.5. The topological polar surface area (TPSA) is 111 Å². The molecule has 1 saturated carbocycles. The molecule has 0 aromatic heterocycles. The second-order valence-corrected chi connectivity index (χ2v) is 11.3. The Morgan fingerprint density at radius 1 is 1.07 bits per heavy atom. The normalized spacial score (nSPS) is 21.1. The molecule has 5 rings (SSSR count). The van der Waals surface area contributed by atoms with E-state index in [9.17, 15) is 19.5 Å². The molecule has 1 spiro atoms. The molecule has 41 heavy (non-hydrogen) atoms. The Morgan fingerprint density at radius 2 is 1.68 bits per heavy atom. The molecular formula is C31H41ClN4O5. The quantitative estimate of drug-likeness (QED) is 0.394. The monoisotopic (exact) mass is 584 g/mol. The van der Waals surface area contributed by atoms with Crippen LogP contribution < -0.4 is 15.4 Å². The smallest absolute Gasteiger partial charge is 0.251 e. The fourth-order valence-corrected chi connectivity index (χ4v) is 5.87. The summed E-state index contributed by atoms with van der Waals surface area (Å²) in [7, 11) is 1.60. The summed E-state index contributed by atoms with van der Waals surface area (Å²) in [5.41, 5.74) is 0.874. The Morgan fingerprint density at radius 3 is 2.24 bits per heavy atom. The van der Waals surface area contributed by atoms with Gasteiger partial charge in [-0.25, -0.2) is 0 Å². The van der Waals surface area contributed by atoms with Crippen molar-refractivity contribution in [2.24, 2.45) is 5.92 Å². The van der Waals surface area contributed by atoms with Gasteiger partial charge in [0.1, 0.15) is 23.1 Å². The average molecular weight is 585 g/mol. The highest BCUT2D eigenvalue weighted by atomic mass is 35.5. The summed E-state index contributed by atoms with van der Waals surface area (Å²) >= 11 is 0. The van der Waals surface area contributed by atoms with Crippen LogP contribution in [0.25, 0.3) is 0 Å². The summed E-state index contributed by atoms with van der Waals surface area (Å²) in [6, 6.07) is 14.1. The van der Waals surface area contributed by atoms with Gasteiger partial charge in [0, 0.05) is 38.8 Å². The third-order valence-corrected chi connectivity index (χ3v) is 8.53. The third kappa shape index (κ3) is 6.68. The standard InChI is InChI=1S/C31H40N4O5.ClH/c1-3-4-17-35-29(38)26(27(36)22-7-8-22)33-30(39)31(35)15-18-34(19-16-31)20-21-5-11-24(12-6-21)40-25-13-9-23(10-14-25)28(37)32-2;/h5-6,9-14,22,26-27,36H,3-4,7-8,15-20H2,1-2H3,(H,32,37)(H,33,39);1H/t26-,27-;/m1./s1. The largest absolute Gasteiger partial charge is 0.457 e. The van der Waals surface area contributed by atoms with E-state index in [0.717, 1.165) is 37.8 Å². The molecular weight excluding hydrogens is 544 g/mol. The summed E-state index contributed by atoms with van der Waals surface area (Å²) in [6.07, 6.45) is 3.95. The van der Waals surface area contributed by atoms with Gasteiger partial charge >= 0.3 is 0 Å². The minimum absolute atomic E-state index is 0. The lowest BCUT2D eigenvalue weighted by atomic mass is 9.80. The number of nitrogens with zero attached hydrogens (tertiary/aromatic N) is 2. The van der Waals surface area contributed by atoms with Crippen molar-refractivity contribution in [3.63, 3.8) is 0 Å². The first kappa shape index (κ1) is 30.8. The van der Waals surface area contributed by atoms with Crippen molar-refractivity contribution in [2.75, 3.05) is 26.7 Å². The Bertz CT molecular complexity index is 1210. The molecule has 1 aliphatic carbocycles. The number of unbranched alkanes of at least 4 members (excludes halogenated alkanes) is 1. The summed E-state index contributed by atoms with van der Waals surface area (Å²) in [6.45, 7) is 4.78. The molecule has 10 heteroatoms. The predicted octanol–water partition coefficient (Wildman–Crippen LogP) is 3.49. The SMILES string of the molecule is CCCCN1C(=O)[C@@H]([C@H](O)C2CC2)NC(=O)C12CCN(Cc1ccc(Oc3ccc(C(=O)NC)cc3)cc1)CC2.Cl. The van der Waals surface area contributed by atoms with Crippen molar-refractivity contribution < 1.29 is 24.2 Å². The van der Waals surface area contributed by atoms with Crippen LogP contribution in [0.4, 0.5) is 0 Å². The number of ether oxygens (including phenoxy) is 1. The summed E-state index contributed by atoms with van der Waals surface area (Å²) in [5.74, 6) is 1.10. The van der Waals surface area contributed by atoms with Crippen LogP contribution in [0.1, 0.15) is 61.4 Å². The van der Waals surface area contributed by atoms with Crippen LogP contribution >= 0.6 is 12.4 Å². The van der Waals surface area contributed by atoms with Crippen LogP contribution in [0, 0.1) is 5.92 Å². The molecule has 0 radical (unpaired) electrons. The molecule has 2 saturated heterocycles. The van der Waals surface area contributed by atoms with Crippen molar-refractivity contribution >= 4 is 30.1 Å². The molecule has 2 heterocycles. The number of amides is 3. The fraction of sp³-hybridized carbons (Fsp3) is 0.516. The summed E-state index contributed by atoms with van der Waals surface area (Å²) in [4.78, 5) is 42.9. The van der Waals surface area contributed by atoms with Crippen molar-refractivity contribution in [2.45, 2.75) is 69.7 Å². The number of piperazine rings is 1. The van der Waals surface area contributed by atoms with Crippen molar-refractivity contribution in [3.8, 4) is 11.5 Å². The number of carbonyl (C=O) groups excluding carboxylic acids is 3. The number of hydrogen-bond acceptors (Lipinski definition) is 6. The van der Waals surface area contributed by atoms with Crippen LogP contribution in [0.15, 0.2) is 48.5 Å². The summed E-state index contributed by atoms with van der Waals surface area (Å²) < 4.78 is 5.93. The fourth-order valence-electron chi connectivity index (χ4n) is 5.87. The number of aliphatic hydroxyl groups is 1.